The molecule has 3 nitrogen and oxygen atoms in total. The minimum atomic E-state index is -0.324. The lowest BCUT2D eigenvalue weighted by Crippen LogP contribution is -1.84. The van der Waals surface area contributed by atoms with Crippen LogP contribution >= 0.6 is 27.5 Å². The molecule has 1 aromatic carbocycles. The fourth-order valence-corrected chi connectivity index (χ4v) is 1.62. The summed E-state index contributed by atoms with van der Waals surface area (Å²) in [4.78, 5) is 3.84. The molecule has 0 N–H and O–H groups in total. The largest absolute Gasteiger partial charge is 0.430 e. The molecule has 0 aliphatic carbocycles. The van der Waals surface area contributed by atoms with Gasteiger partial charge < -0.3 is 4.74 Å². The summed E-state index contributed by atoms with van der Waals surface area (Å²) in [6.07, 6.45) is 1.40. The first-order valence-corrected chi connectivity index (χ1v) is 5.22. The summed E-state index contributed by atoms with van der Waals surface area (Å²) in [6.45, 7) is 0. The number of aromatic nitrogens is 2. The van der Waals surface area contributed by atoms with Crippen LogP contribution in [-0.2, 0) is 0 Å². The number of hydrogen-bond donors (Lipinski definition) is 0. The second-order valence-electron chi connectivity index (χ2n) is 2.39. The first-order chi connectivity index (χ1) is 6.75. The van der Waals surface area contributed by atoms with Gasteiger partial charge in [0.1, 0.15) is 17.9 Å². The molecule has 0 radical (unpaired) electrons. The SMILES string of the molecule is Fc1ccc(Oc2ncns2)cc1Br. The Balaban J connectivity index is 2.22. The van der Waals surface area contributed by atoms with E-state index in [0.29, 0.717) is 15.4 Å². The Hall–Kier alpha value is -1.01. The second-order valence-corrected chi connectivity index (χ2v) is 3.98. The summed E-state index contributed by atoms with van der Waals surface area (Å²) in [5.41, 5.74) is 0. The second kappa shape index (κ2) is 4.02. The van der Waals surface area contributed by atoms with Gasteiger partial charge in [0, 0.05) is 11.5 Å². The average molecular weight is 275 g/mol. The van der Waals surface area contributed by atoms with Gasteiger partial charge in [-0.05, 0) is 34.1 Å². The monoisotopic (exact) mass is 274 g/mol. The molecule has 0 aliphatic heterocycles. The van der Waals surface area contributed by atoms with Gasteiger partial charge in [-0.1, -0.05) is 0 Å². The molecule has 0 aliphatic rings. The zero-order chi connectivity index (χ0) is 9.97. The van der Waals surface area contributed by atoms with Crippen LogP contribution in [0.5, 0.6) is 10.9 Å². The molecule has 0 saturated heterocycles. The van der Waals surface area contributed by atoms with Crippen LogP contribution < -0.4 is 4.74 Å². The molecule has 0 saturated carbocycles. The van der Waals surface area contributed by atoms with E-state index in [1.54, 1.807) is 0 Å². The summed E-state index contributed by atoms with van der Waals surface area (Å²) in [5.74, 6) is 0.199. The standard InChI is InChI=1S/C8H4BrFN2OS/c9-6-3-5(1-2-7(6)10)13-8-11-4-12-14-8/h1-4H. The predicted octanol–water partition coefficient (Wildman–Crippen LogP) is 3.23. The van der Waals surface area contributed by atoms with Crippen LogP contribution in [-0.4, -0.2) is 9.36 Å². The third-order valence-corrected chi connectivity index (χ3v) is 2.59. The highest BCUT2D eigenvalue weighted by molar-refractivity contribution is 9.10. The maximum Gasteiger partial charge on any atom is 0.298 e. The Labute approximate surface area is 91.9 Å². The lowest BCUT2D eigenvalue weighted by Gasteiger charge is -2.01. The van der Waals surface area contributed by atoms with Crippen molar-refractivity contribution in [2.45, 2.75) is 0 Å². The molecule has 14 heavy (non-hydrogen) atoms. The summed E-state index contributed by atoms with van der Waals surface area (Å²) in [7, 11) is 0. The Kier molecular flexibility index (Phi) is 2.74. The van der Waals surface area contributed by atoms with E-state index >= 15 is 0 Å². The van der Waals surface area contributed by atoms with Crippen LogP contribution in [0.1, 0.15) is 0 Å². The number of hydrogen-bond acceptors (Lipinski definition) is 4. The van der Waals surface area contributed by atoms with Crippen molar-refractivity contribution in [2.24, 2.45) is 0 Å². The molecule has 6 heteroatoms. The normalized spacial score (nSPS) is 10.1. The quantitative estimate of drug-likeness (QED) is 0.844. The molecule has 1 heterocycles. The molecule has 2 aromatic rings. The summed E-state index contributed by atoms with van der Waals surface area (Å²) < 4.78 is 22.3. The van der Waals surface area contributed by atoms with Crippen molar-refractivity contribution < 1.29 is 9.13 Å². The summed E-state index contributed by atoms with van der Waals surface area (Å²) in [5, 5.41) is 0.434. The van der Waals surface area contributed by atoms with Crippen molar-refractivity contribution >= 4 is 27.5 Å². The molecule has 0 atom stereocenters. The van der Waals surface area contributed by atoms with Crippen LogP contribution in [0.15, 0.2) is 29.0 Å². The Morgan fingerprint density at radius 1 is 1.43 bits per heavy atom. The van der Waals surface area contributed by atoms with Gasteiger partial charge in [-0.2, -0.15) is 9.36 Å². The zero-order valence-corrected chi connectivity index (χ0v) is 9.18. The van der Waals surface area contributed by atoms with Crippen molar-refractivity contribution in [1.29, 1.82) is 0 Å². The van der Waals surface area contributed by atoms with Gasteiger partial charge in [0.2, 0.25) is 0 Å². The topological polar surface area (TPSA) is 35.0 Å². The van der Waals surface area contributed by atoms with Gasteiger partial charge in [0.05, 0.1) is 4.47 Å². The highest BCUT2D eigenvalue weighted by Crippen LogP contribution is 2.26. The Morgan fingerprint density at radius 3 is 2.93 bits per heavy atom. The van der Waals surface area contributed by atoms with Gasteiger partial charge in [-0.25, -0.2) is 4.39 Å². The predicted molar refractivity (Wildman–Crippen MR) is 54.1 cm³/mol. The van der Waals surface area contributed by atoms with E-state index < -0.39 is 0 Å². The number of halogens is 2. The molecule has 0 spiro atoms. The van der Waals surface area contributed by atoms with Crippen molar-refractivity contribution in [3.63, 3.8) is 0 Å². The molecule has 1 aromatic heterocycles. The van der Waals surface area contributed by atoms with Gasteiger partial charge in [-0.15, -0.1) is 0 Å². The van der Waals surface area contributed by atoms with Gasteiger partial charge in [0.25, 0.3) is 5.19 Å². The van der Waals surface area contributed by atoms with E-state index in [0.717, 1.165) is 11.5 Å². The first-order valence-electron chi connectivity index (χ1n) is 3.65. The molecule has 0 bridgehead atoms. The van der Waals surface area contributed by atoms with Crippen LogP contribution in [0, 0.1) is 5.82 Å². The minimum Gasteiger partial charge on any atom is -0.430 e. The van der Waals surface area contributed by atoms with Gasteiger partial charge in [0.15, 0.2) is 0 Å². The molecule has 72 valence electrons. The first kappa shape index (κ1) is 9.54. The molecule has 0 amide bonds. The molecular formula is C8H4BrFN2OS. The van der Waals surface area contributed by atoms with Gasteiger partial charge in [-0.3, -0.25) is 0 Å². The Morgan fingerprint density at radius 2 is 2.29 bits per heavy atom. The van der Waals surface area contributed by atoms with E-state index in [4.69, 9.17) is 4.74 Å². The number of benzene rings is 1. The third-order valence-electron chi connectivity index (χ3n) is 1.44. The van der Waals surface area contributed by atoms with Crippen LogP contribution in [0.2, 0.25) is 0 Å². The fraction of sp³-hybridized carbons (Fsp3) is 0. The van der Waals surface area contributed by atoms with Crippen LogP contribution in [0.4, 0.5) is 4.39 Å². The number of ether oxygens (including phenoxy) is 1. The van der Waals surface area contributed by atoms with E-state index in [1.807, 2.05) is 0 Å². The minimum absolute atomic E-state index is 0.324. The molecule has 0 fully saturated rings. The van der Waals surface area contributed by atoms with Gasteiger partial charge >= 0.3 is 0 Å². The highest BCUT2D eigenvalue weighted by Gasteiger charge is 2.03. The van der Waals surface area contributed by atoms with Crippen LogP contribution in [0.25, 0.3) is 0 Å². The highest BCUT2D eigenvalue weighted by atomic mass is 79.9. The van der Waals surface area contributed by atoms with E-state index in [1.165, 1.54) is 24.5 Å². The van der Waals surface area contributed by atoms with E-state index in [9.17, 15) is 4.39 Å². The maximum atomic E-state index is 12.8. The summed E-state index contributed by atoms with van der Waals surface area (Å²) in [6, 6.07) is 4.39. The molecule has 0 unspecified atom stereocenters. The lowest BCUT2D eigenvalue weighted by molar-refractivity contribution is 0.476. The van der Waals surface area contributed by atoms with E-state index in [2.05, 4.69) is 25.3 Å². The smallest absolute Gasteiger partial charge is 0.298 e. The van der Waals surface area contributed by atoms with Crippen molar-refractivity contribution in [3.05, 3.63) is 34.8 Å². The van der Waals surface area contributed by atoms with Crippen LogP contribution in [0.3, 0.4) is 0 Å². The summed E-state index contributed by atoms with van der Waals surface area (Å²) >= 11 is 4.20. The van der Waals surface area contributed by atoms with Crippen molar-refractivity contribution in [2.75, 3.05) is 0 Å². The molecule has 2 rings (SSSR count). The van der Waals surface area contributed by atoms with Crippen molar-refractivity contribution in [1.82, 2.24) is 9.36 Å². The van der Waals surface area contributed by atoms with Crippen molar-refractivity contribution in [3.8, 4) is 10.9 Å². The zero-order valence-electron chi connectivity index (χ0n) is 6.78. The number of nitrogens with zero attached hydrogens (tertiary/aromatic N) is 2. The Bertz CT molecular complexity index is 435. The third kappa shape index (κ3) is 2.08. The van der Waals surface area contributed by atoms with E-state index in [-0.39, 0.29) is 5.82 Å². The number of rotatable bonds is 2. The fourth-order valence-electron chi connectivity index (χ4n) is 0.849. The lowest BCUT2D eigenvalue weighted by atomic mass is 10.3. The average Bonchev–Trinajstić information content (AvgIpc) is 2.64. The maximum absolute atomic E-state index is 12.8. The molecular weight excluding hydrogens is 271 g/mol.